The zero-order valence-electron chi connectivity index (χ0n) is 17.2. The Balaban J connectivity index is 0. The lowest BCUT2D eigenvalue weighted by atomic mass is 10.0. The molecule has 158 valence electrons. The Morgan fingerprint density at radius 1 is 0.692 bits per heavy atom. The summed E-state index contributed by atoms with van der Waals surface area (Å²) in [7, 11) is 0. The third kappa shape index (κ3) is 23.4. The second-order valence-electron chi connectivity index (χ2n) is 7.14. The van der Waals surface area contributed by atoms with Gasteiger partial charge < -0.3 is 20.4 Å². The largest absolute Gasteiger partial charge is 0.481 e. The molecule has 0 heterocycles. The topological polar surface area (TPSA) is 98.0 Å². The molecule has 0 aliphatic rings. The van der Waals surface area contributed by atoms with Crippen LogP contribution in [0.5, 0.6) is 0 Å². The van der Waals surface area contributed by atoms with Crippen molar-refractivity contribution < 1.29 is 25.2 Å². The highest BCUT2D eigenvalue weighted by atomic mass is 16.4. The minimum atomic E-state index is -0.968. The summed E-state index contributed by atoms with van der Waals surface area (Å²) < 4.78 is 0. The first-order chi connectivity index (χ1) is 12.5. The van der Waals surface area contributed by atoms with Crippen molar-refractivity contribution in [3.8, 4) is 0 Å². The summed E-state index contributed by atoms with van der Waals surface area (Å²) in [6.45, 7) is 4.02. The van der Waals surface area contributed by atoms with Crippen LogP contribution in [0.4, 0.5) is 0 Å². The number of hydrogen-bond donors (Lipinski definition) is 4. The fourth-order valence-corrected chi connectivity index (χ4v) is 2.68. The Labute approximate surface area is 160 Å². The molecular weight excluding hydrogens is 332 g/mol. The molecule has 26 heavy (non-hydrogen) atoms. The normalized spacial score (nSPS) is 13.0. The first-order valence-corrected chi connectivity index (χ1v) is 10.7. The van der Waals surface area contributed by atoms with Gasteiger partial charge in [0.2, 0.25) is 0 Å². The quantitative estimate of drug-likeness (QED) is 0.277. The highest BCUT2D eigenvalue weighted by molar-refractivity contribution is 5.66. The minimum Gasteiger partial charge on any atom is -0.481 e. The molecule has 0 amide bonds. The van der Waals surface area contributed by atoms with Crippen molar-refractivity contribution in [3.05, 3.63) is 0 Å². The third-order valence-electron chi connectivity index (χ3n) is 4.48. The average molecular weight is 377 g/mol. The van der Waals surface area contributed by atoms with Crippen molar-refractivity contribution in [2.24, 2.45) is 0 Å². The summed E-state index contributed by atoms with van der Waals surface area (Å²) in [6.07, 6.45) is 14.6. The van der Waals surface area contributed by atoms with E-state index in [0.29, 0.717) is 12.8 Å². The summed E-state index contributed by atoms with van der Waals surface area (Å²) in [6, 6.07) is 0. The van der Waals surface area contributed by atoms with Crippen molar-refractivity contribution in [1.29, 1.82) is 0 Å². The molecule has 0 fully saturated rings. The molecule has 0 bridgehead atoms. The lowest BCUT2D eigenvalue weighted by molar-refractivity contribution is -0.137. The lowest BCUT2D eigenvalue weighted by Crippen LogP contribution is -2.28. The van der Waals surface area contributed by atoms with Crippen LogP contribution >= 0.6 is 0 Å². The third-order valence-corrected chi connectivity index (χ3v) is 4.48. The number of carboxylic acids is 1. The van der Waals surface area contributed by atoms with Crippen molar-refractivity contribution in [2.75, 3.05) is 6.61 Å². The number of hydrogen-bond acceptors (Lipinski definition) is 4. The maximum absolute atomic E-state index is 10.0. The molecule has 0 aromatic heterocycles. The summed E-state index contributed by atoms with van der Waals surface area (Å²) in [4.78, 5) is 10.0. The van der Waals surface area contributed by atoms with Gasteiger partial charge in [-0.25, -0.2) is 0 Å². The molecule has 0 spiro atoms. The Morgan fingerprint density at radius 3 is 1.54 bits per heavy atom. The summed E-state index contributed by atoms with van der Waals surface area (Å²) in [5.74, 6) is -0.670. The second kappa shape index (κ2) is 22.4. The Bertz CT molecular complexity index is 284. The highest BCUT2D eigenvalue weighted by Gasteiger charge is 2.13. The van der Waals surface area contributed by atoms with Crippen LogP contribution in [-0.4, -0.2) is 45.2 Å². The van der Waals surface area contributed by atoms with Gasteiger partial charge in [0.1, 0.15) is 6.10 Å². The van der Waals surface area contributed by atoms with Crippen LogP contribution < -0.4 is 0 Å². The number of aliphatic hydroxyl groups is 3. The van der Waals surface area contributed by atoms with Gasteiger partial charge in [0.25, 0.3) is 0 Å². The van der Waals surface area contributed by atoms with Gasteiger partial charge in [-0.05, 0) is 12.8 Å². The van der Waals surface area contributed by atoms with Crippen LogP contribution in [0.2, 0.25) is 0 Å². The van der Waals surface area contributed by atoms with Crippen LogP contribution in [0.15, 0.2) is 0 Å². The van der Waals surface area contributed by atoms with Gasteiger partial charge in [0, 0.05) is 6.42 Å². The van der Waals surface area contributed by atoms with Crippen LogP contribution in [0, 0.1) is 0 Å². The van der Waals surface area contributed by atoms with E-state index in [-0.39, 0.29) is 6.61 Å². The van der Waals surface area contributed by atoms with E-state index in [1.807, 2.05) is 0 Å². The molecule has 5 nitrogen and oxygen atoms in total. The monoisotopic (exact) mass is 376 g/mol. The molecule has 0 saturated carbocycles. The zero-order valence-corrected chi connectivity index (χ0v) is 17.2. The fourth-order valence-electron chi connectivity index (χ4n) is 2.68. The SMILES string of the molecule is CCCCCCCC(=O)O.CCCCCCCCCCC(O)C(O)CO. The summed E-state index contributed by atoms with van der Waals surface area (Å²) in [5.41, 5.74) is 0. The number of carbonyl (C=O) groups is 1. The number of carboxylic acid groups (broad SMARTS) is 1. The van der Waals surface area contributed by atoms with E-state index in [9.17, 15) is 9.90 Å². The van der Waals surface area contributed by atoms with Gasteiger partial charge in [-0.2, -0.15) is 0 Å². The van der Waals surface area contributed by atoms with E-state index < -0.39 is 18.2 Å². The fraction of sp³-hybridized carbons (Fsp3) is 0.952. The number of aliphatic carboxylic acids is 1. The highest BCUT2D eigenvalue weighted by Crippen LogP contribution is 2.11. The van der Waals surface area contributed by atoms with Gasteiger partial charge in [-0.15, -0.1) is 0 Å². The molecular formula is C21H44O5. The minimum absolute atomic E-state index is 0.337. The summed E-state index contributed by atoms with van der Waals surface area (Å²) in [5, 5.41) is 35.4. The van der Waals surface area contributed by atoms with Gasteiger partial charge in [-0.3, -0.25) is 4.79 Å². The molecule has 5 heteroatoms. The van der Waals surface area contributed by atoms with Crippen molar-refractivity contribution >= 4 is 5.97 Å². The number of aliphatic hydroxyl groups excluding tert-OH is 3. The van der Waals surface area contributed by atoms with Crippen molar-refractivity contribution in [1.82, 2.24) is 0 Å². The predicted octanol–water partition coefficient (Wildman–Crippen LogP) is 4.66. The molecule has 0 aliphatic carbocycles. The molecule has 0 aliphatic heterocycles. The Kier molecular flexibility index (Phi) is 23.7. The molecule has 2 unspecified atom stereocenters. The van der Waals surface area contributed by atoms with E-state index >= 15 is 0 Å². The predicted molar refractivity (Wildman–Crippen MR) is 107 cm³/mol. The molecule has 0 aromatic carbocycles. The standard InChI is InChI=1S/C13H28O3.C8H16O2/c1-2-3-4-5-6-7-8-9-10-12(15)13(16)11-14;1-2-3-4-5-6-7-8(9)10/h12-16H,2-11H2,1H3;2-7H2,1H3,(H,9,10). The average Bonchev–Trinajstić information content (AvgIpc) is 2.63. The molecule has 4 N–H and O–H groups in total. The molecule has 0 saturated heterocycles. The van der Waals surface area contributed by atoms with Gasteiger partial charge in [-0.1, -0.05) is 90.9 Å². The van der Waals surface area contributed by atoms with E-state index in [2.05, 4.69) is 13.8 Å². The molecule has 0 aromatic rings. The molecule has 0 rings (SSSR count). The van der Waals surface area contributed by atoms with Crippen molar-refractivity contribution in [2.45, 2.75) is 122 Å². The Hall–Kier alpha value is -0.650. The first-order valence-electron chi connectivity index (χ1n) is 10.7. The van der Waals surface area contributed by atoms with Gasteiger partial charge in [0.15, 0.2) is 0 Å². The lowest BCUT2D eigenvalue weighted by Gasteiger charge is -2.14. The van der Waals surface area contributed by atoms with Crippen LogP contribution in [0.1, 0.15) is 110 Å². The van der Waals surface area contributed by atoms with E-state index in [1.165, 1.54) is 57.8 Å². The van der Waals surface area contributed by atoms with Crippen LogP contribution in [-0.2, 0) is 4.79 Å². The molecule has 2 atom stereocenters. The van der Waals surface area contributed by atoms with Crippen LogP contribution in [0.3, 0.4) is 0 Å². The molecule has 0 radical (unpaired) electrons. The second-order valence-corrected chi connectivity index (χ2v) is 7.14. The smallest absolute Gasteiger partial charge is 0.303 e. The number of unbranched alkanes of at least 4 members (excludes halogenated alkanes) is 11. The maximum Gasteiger partial charge on any atom is 0.303 e. The Morgan fingerprint density at radius 2 is 1.12 bits per heavy atom. The van der Waals surface area contributed by atoms with Crippen molar-refractivity contribution in [3.63, 3.8) is 0 Å². The summed E-state index contributed by atoms with van der Waals surface area (Å²) >= 11 is 0. The van der Waals surface area contributed by atoms with E-state index in [4.69, 9.17) is 15.3 Å². The van der Waals surface area contributed by atoms with Gasteiger partial charge in [0.05, 0.1) is 12.7 Å². The van der Waals surface area contributed by atoms with Gasteiger partial charge >= 0.3 is 5.97 Å². The zero-order chi connectivity index (χ0) is 20.0. The maximum atomic E-state index is 10.0. The number of rotatable bonds is 17. The van der Waals surface area contributed by atoms with E-state index in [1.54, 1.807) is 0 Å². The van der Waals surface area contributed by atoms with E-state index in [0.717, 1.165) is 25.7 Å². The van der Waals surface area contributed by atoms with Crippen LogP contribution in [0.25, 0.3) is 0 Å². The first kappa shape index (κ1) is 27.6.